The fourth-order valence-electron chi connectivity index (χ4n) is 9.75. The van der Waals surface area contributed by atoms with Gasteiger partial charge in [0.25, 0.3) is 0 Å². The van der Waals surface area contributed by atoms with Gasteiger partial charge in [-0.3, -0.25) is 0 Å². The van der Waals surface area contributed by atoms with E-state index in [1.54, 1.807) is 0 Å². The van der Waals surface area contributed by atoms with Crippen molar-refractivity contribution in [3.05, 3.63) is 0 Å². The molecule has 4 fully saturated rings. The Kier molecular flexibility index (Phi) is 6.47. The van der Waals surface area contributed by atoms with E-state index in [1.807, 2.05) is 0 Å². The molecule has 0 unspecified atom stereocenters. The van der Waals surface area contributed by atoms with Crippen LogP contribution in [0.15, 0.2) is 0 Å². The lowest BCUT2D eigenvalue weighted by Crippen LogP contribution is -2.56. The topological polar surface area (TPSA) is 20.2 Å². The summed E-state index contributed by atoms with van der Waals surface area (Å²) in [7, 11) is 0. The predicted octanol–water partition coefficient (Wildman–Crippen LogP) is 7.96. The van der Waals surface area contributed by atoms with Gasteiger partial charge >= 0.3 is 0 Å². The molecule has 0 heterocycles. The second-order valence-electron chi connectivity index (χ2n) is 13.5. The lowest BCUT2D eigenvalue weighted by atomic mass is 9.43. The van der Waals surface area contributed by atoms with Gasteiger partial charge in [-0.05, 0) is 115 Å². The molecule has 11 atom stereocenters. The van der Waals surface area contributed by atoms with Gasteiger partial charge in [-0.1, -0.05) is 61.3 Å². The molecule has 0 aromatic carbocycles. The third-order valence-corrected chi connectivity index (χ3v) is 12.1. The van der Waals surface area contributed by atoms with E-state index < -0.39 is 0 Å². The molecule has 30 heavy (non-hydrogen) atoms. The van der Waals surface area contributed by atoms with Gasteiger partial charge in [0.05, 0.1) is 6.10 Å². The van der Waals surface area contributed by atoms with Crippen LogP contribution in [-0.2, 0) is 0 Å². The summed E-state index contributed by atoms with van der Waals surface area (Å²) in [5.74, 6) is 7.70. The monoisotopic (exact) mass is 416 g/mol. The van der Waals surface area contributed by atoms with Crippen molar-refractivity contribution in [2.24, 2.45) is 64.1 Å². The van der Waals surface area contributed by atoms with Gasteiger partial charge in [-0.2, -0.15) is 0 Å². The molecule has 4 rings (SSSR count). The van der Waals surface area contributed by atoms with Crippen LogP contribution >= 0.6 is 0 Å². The molecule has 4 saturated carbocycles. The lowest BCUT2D eigenvalue weighted by Gasteiger charge is -2.62. The van der Waals surface area contributed by atoms with Crippen molar-refractivity contribution < 1.29 is 5.11 Å². The Bertz CT molecular complexity index is 597. The Morgan fingerprint density at radius 2 is 1.40 bits per heavy atom. The second-order valence-corrected chi connectivity index (χ2v) is 13.5. The Morgan fingerprint density at radius 3 is 2.10 bits per heavy atom. The zero-order valence-electron chi connectivity index (χ0n) is 21.3. The first kappa shape index (κ1) is 23.1. The maximum Gasteiger partial charge on any atom is 0.0568 e. The van der Waals surface area contributed by atoms with Gasteiger partial charge in [0.15, 0.2) is 0 Å². The molecule has 0 radical (unpaired) electrons. The lowest BCUT2D eigenvalue weighted by molar-refractivity contribution is -0.149. The normalized spacial score (nSPS) is 50.5. The molecule has 0 aliphatic heterocycles. The first-order valence-electron chi connectivity index (χ1n) is 13.8. The van der Waals surface area contributed by atoms with Crippen molar-refractivity contribution in [2.75, 3.05) is 0 Å². The van der Waals surface area contributed by atoms with Gasteiger partial charge in [-0.25, -0.2) is 0 Å². The van der Waals surface area contributed by atoms with Crippen LogP contribution in [0, 0.1) is 64.1 Å². The molecule has 174 valence electrons. The number of fused-ring (bicyclic) bond motifs is 5. The van der Waals surface area contributed by atoms with E-state index in [-0.39, 0.29) is 6.10 Å². The first-order valence-corrected chi connectivity index (χ1v) is 13.8. The minimum Gasteiger partial charge on any atom is -0.393 e. The molecular weight excluding hydrogens is 364 g/mol. The quantitative estimate of drug-likeness (QED) is 0.482. The van der Waals surface area contributed by atoms with Crippen LogP contribution in [-0.4, -0.2) is 11.2 Å². The number of aliphatic hydroxyl groups is 1. The van der Waals surface area contributed by atoms with E-state index in [9.17, 15) is 5.11 Å². The summed E-state index contributed by atoms with van der Waals surface area (Å²) < 4.78 is 0. The molecule has 0 bridgehead atoms. The van der Waals surface area contributed by atoms with Gasteiger partial charge in [-0.15, -0.1) is 0 Å². The summed E-state index contributed by atoms with van der Waals surface area (Å²) >= 11 is 0. The van der Waals surface area contributed by atoms with Crippen LogP contribution < -0.4 is 0 Å². The summed E-state index contributed by atoms with van der Waals surface area (Å²) in [5, 5.41) is 10.5. The van der Waals surface area contributed by atoms with Crippen molar-refractivity contribution >= 4 is 0 Å². The van der Waals surface area contributed by atoms with Crippen molar-refractivity contribution in [1.29, 1.82) is 0 Å². The molecule has 0 amide bonds. The van der Waals surface area contributed by atoms with Crippen molar-refractivity contribution in [3.63, 3.8) is 0 Å². The molecule has 4 aliphatic carbocycles. The number of rotatable bonds is 5. The fraction of sp³-hybridized carbons (Fsp3) is 1.00. The molecule has 1 heteroatoms. The van der Waals surface area contributed by atoms with E-state index in [4.69, 9.17) is 0 Å². The minimum atomic E-state index is -0.0431. The van der Waals surface area contributed by atoms with E-state index in [2.05, 4.69) is 48.5 Å². The van der Waals surface area contributed by atoms with Crippen molar-refractivity contribution in [3.8, 4) is 0 Å². The summed E-state index contributed by atoms with van der Waals surface area (Å²) in [6, 6.07) is 0. The van der Waals surface area contributed by atoms with Gasteiger partial charge < -0.3 is 5.11 Å². The maximum absolute atomic E-state index is 10.5. The average Bonchev–Trinajstić information content (AvgIpc) is 3.06. The molecule has 0 aromatic rings. The largest absolute Gasteiger partial charge is 0.393 e. The fourth-order valence-corrected chi connectivity index (χ4v) is 9.75. The van der Waals surface area contributed by atoms with E-state index in [0.717, 1.165) is 53.8 Å². The van der Waals surface area contributed by atoms with Crippen LogP contribution in [0.1, 0.15) is 113 Å². The highest BCUT2D eigenvalue weighted by molar-refractivity contribution is 5.10. The standard InChI is InChI=1S/C29H52O/c1-18(2)19(3)8-9-20(4)23-12-13-25-22-10-11-24-21(5)27(30)15-17-29(24,7)26(22)14-16-28(23,25)6/h18-27,30H,8-17H2,1-7H3/t19-,20+,21-,22-,23+,24-,25-,26+,27-,28+,29+/m0/s1. The van der Waals surface area contributed by atoms with Gasteiger partial charge in [0, 0.05) is 0 Å². The van der Waals surface area contributed by atoms with Crippen LogP contribution in [0.25, 0.3) is 0 Å². The maximum atomic E-state index is 10.5. The van der Waals surface area contributed by atoms with Crippen molar-refractivity contribution in [2.45, 2.75) is 119 Å². The molecule has 0 saturated heterocycles. The number of hydrogen-bond donors (Lipinski definition) is 1. The van der Waals surface area contributed by atoms with E-state index in [1.165, 1.54) is 57.8 Å². The zero-order chi connectivity index (χ0) is 21.8. The SMILES string of the molecule is CC(C)[C@@H](C)CC[C@@H](C)[C@H]1CC[C@H]2[C@@H]3CC[C@H]4[C@H](C)[C@@H](O)CC[C@@]4(C)[C@@H]3CC[C@]12C. The third kappa shape index (κ3) is 3.62. The number of hydrogen-bond acceptors (Lipinski definition) is 1. The van der Waals surface area contributed by atoms with E-state index >= 15 is 0 Å². The Labute approximate surface area is 188 Å². The van der Waals surface area contributed by atoms with Crippen LogP contribution in [0.5, 0.6) is 0 Å². The third-order valence-electron chi connectivity index (χ3n) is 12.1. The van der Waals surface area contributed by atoms with Crippen molar-refractivity contribution in [1.82, 2.24) is 0 Å². The number of aliphatic hydroxyl groups excluding tert-OH is 1. The smallest absolute Gasteiger partial charge is 0.0568 e. The summed E-state index contributed by atoms with van der Waals surface area (Å²) in [4.78, 5) is 0. The zero-order valence-corrected chi connectivity index (χ0v) is 21.3. The van der Waals surface area contributed by atoms with Crippen LogP contribution in [0.3, 0.4) is 0 Å². The van der Waals surface area contributed by atoms with E-state index in [0.29, 0.717) is 16.7 Å². The molecule has 1 nitrogen and oxygen atoms in total. The molecule has 1 N–H and O–H groups in total. The van der Waals surface area contributed by atoms with Gasteiger partial charge in [0.1, 0.15) is 0 Å². The highest BCUT2D eigenvalue weighted by Gasteiger charge is 2.61. The molecule has 0 spiro atoms. The summed E-state index contributed by atoms with van der Waals surface area (Å²) in [6.45, 7) is 17.6. The Morgan fingerprint density at radius 1 is 0.767 bits per heavy atom. The molecular formula is C29H52O. The van der Waals surface area contributed by atoms with Crippen LogP contribution in [0.4, 0.5) is 0 Å². The Hall–Kier alpha value is -0.0400. The summed E-state index contributed by atoms with van der Waals surface area (Å²) in [5.41, 5.74) is 1.10. The highest BCUT2D eigenvalue weighted by atomic mass is 16.3. The Balaban J connectivity index is 1.47. The molecule has 0 aromatic heterocycles. The van der Waals surface area contributed by atoms with Gasteiger partial charge in [0.2, 0.25) is 0 Å². The second kappa shape index (κ2) is 8.39. The molecule has 4 aliphatic rings. The summed E-state index contributed by atoms with van der Waals surface area (Å²) in [6.07, 6.45) is 13.9. The first-order chi connectivity index (χ1) is 14.1. The predicted molar refractivity (Wildman–Crippen MR) is 128 cm³/mol. The minimum absolute atomic E-state index is 0.0431. The average molecular weight is 417 g/mol. The highest BCUT2D eigenvalue weighted by Crippen LogP contribution is 2.68. The van der Waals surface area contributed by atoms with Crippen LogP contribution in [0.2, 0.25) is 0 Å².